The van der Waals surface area contributed by atoms with E-state index in [0.29, 0.717) is 30.5 Å². The highest BCUT2D eigenvalue weighted by atomic mass is 127. The molecule has 1 atom stereocenters. The molecule has 1 aliphatic carbocycles. The van der Waals surface area contributed by atoms with Crippen LogP contribution >= 0.6 is 30.3 Å². The molecule has 0 bridgehead atoms. The van der Waals surface area contributed by atoms with E-state index in [1.165, 1.54) is 27.4 Å². The number of halogens is 4. The van der Waals surface area contributed by atoms with E-state index in [1.807, 2.05) is 35.1 Å². The summed E-state index contributed by atoms with van der Waals surface area (Å²) in [6, 6.07) is 5.26. The molecular weight excluding hydrogens is 590 g/mol. The Kier molecular flexibility index (Phi) is 9.55. The van der Waals surface area contributed by atoms with E-state index >= 15 is 0 Å². The predicted molar refractivity (Wildman–Crippen MR) is 131 cm³/mol. The van der Waals surface area contributed by atoms with Crippen LogP contribution in [0.15, 0.2) is 29.3 Å². The first kappa shape index (κ1) is 27.8. The van der Waals surface area contributed by atoms with Gasteiger partial charge < -0.3 is 4.74 Å². The predicted octanol–water partition coefficient (Wildman–Crippen LogP) is 6.29. The van der Waals surface area contributed by atoms with E-state index in [1.54, 1.807) is 23.9 Å². The second kappa shape index (κ2) is 11.3. The van der Waals surface area contributed by atoms with Gasteiger partial charge in [-0.15, -0.1) is 0 Å². The third-order valence-electron chi connectivity index (χ3n) is 5.41. The zero-order valence-electron chi connectivity index (χ0n) is 18.5. The van der Waals surface area contributed by atoms with Gasteiger partial charge in [-0.25, -0.2) is 12.8 Å². The first-order valence-corrected chi connectivity index (χ1v) is 15.0. The van der Waals surface area contributed by atoms with Crippen molar-refractivity contribution in [2.45, 2.75) is 64.1 Å². The molecule has 33 heavy (non-hydrogen) atoms. The summed E-state index contributed by atoms with van der Waals surface area (Å²) < 4.78 is 74.6. The number of nitrogens with one attached hydrogen (secondary N) is 1. The fourth-order valence-corrected chi connectivity index (χ4v) is 6.64. The van der Waals surface area contributed by atoms with Crippen molar-refractivity contribution in [1.29, 1.82) is 5.26 Å². The van der Waals surface area contributed by atoms with Crippen LogP contribution in [0.2, 0.25) is 0 Å². The molecule has 3 rings (SSSR count). The number of ether oxygens (including phenoxy) is 1. The molecule has 1 aromatic carbocycles. The summed E-state index contributed by atoms with van der Waals surface area (Å²) in [5, 5.41) is 8.84. The second-order valence-corrected chi connectivity index (χ2v) is 11.0. The Morgan fingerprint density at radius 3 is 2.58 bits per heavy atom. The number of aromatic nitrogens is 1. The van der Waals surface area contributed by atoms with E-state index in [4.69, 9.17) is 10.00 Å². The van der Waals surface area contributed by atoms with Gasteiger partial charge in [0, 0.05) is 42.2 Å². The zero-order chi connectivity index (χ0) is 25.0. The van der Waals surface area contributed by atoms with Crippen molar-refractivity contribution in [3.8, 4) is 6.07 Å². The molecule has 0 spiro atoms. The first-order valence-electron chi connectivity index (χ1n) is 10.2. The molecule has 1 aromatic heterocycles. The summed E-state index contributed by atoms with van der Waals surface area (Å²) in [6.45, 7) is 4.31. The maximum absolute atomic E-state index is 14.2. The summed E-state index contributed by atoms with van der Waals surface area (Å²) in [4.78, 5) is 0.0152. The topological polar surface area (TPSA) is 84.1 Å². The van der Waals surface area contributed by atoms with Crippen LogP contribution in [0.3, 0.4) is 0 Å². The van der Waals surface area contributed by atoms with Crippen molar-refractivity contribution >= 4 is 46.0 Å². The van der Waals surface area contributed by atoms with Gasteiger partial charge in [-0.2, -0.15) is 14.0 Å². The molecule has 1 aliphatic rings. The monoisotopic (exact) mass is 615 g/mol. The van der Waals surface area contributed by atoms with Gasteiger partial charge in [0.2, 0.25) is 0 Å². The molecule has 0 saturated carbocycles. The molecule has 1 N–H and O–H groups in total. The Morgan fingerprint density at radius 2 is 2.03 bits per heavy atom. The summed E-state index contributed by atoms with van der Waals surface area (Å²) in [5.41, 5.74) is 0.0182. The van der Waals surface area contributed by atoms with Crippen molar-refractivity contribution in [2.24, 2.45) is 5.92 Å². The third-order valence-corrected chi connectivity index (χ3v) is 8.58. The standard InChI is InChI=1S/C19H19F3IN3O3S2.C2H6/c1-19(2,29-18(21)22)12-4-5-13-16(8-12)26(30-23)10-17(13)31(27,28)25-15-6-3-11(9-24)7-14(15)20;1-2/h3,6-7,10,12,18,25H,4-5,8H2,1-2H3;1-2H3. The van der Waals surface area contributed by atoms with Gasteiger partial charge in [0.05, 0.1) is 22.9 Å². The van der Waals surface area contributed by atoms with E-state index in [-0.39, 0.29) is 22.1 Å². The van der Waals surface area contributed by atoms with Crippen LogP contribution in [-0.2, 0) is 27.6 Å². The molecular formula is C21H25F3IN3O3S2. The lowest BCUT2D eigenvalue weighted by Crippen LogP contribution is -2.39. The zero-order valence-corrected chi connectivity index (χ0v) is 22.3. The normalized spacial score (nSPS) is 15.9. The van der Waals surface area contributed by atoms with E-state index in [2.05, 4.69) is 4.72 Å². The Bertz CT molecular complexity index is 1130. The van der Waals surface area contributed by atoms with Crippen molar-refractivity contribution in [1.82, 2.24) is 3.97 Å². The minimum absolute atomic E-state index is 0.0152. The van der Waals surface area contributed by atoms with Crippen LogP contribution in [0.4, 0.5) is 18.9 Å². The highest BCUT2D eigenvalue weighted by Gasteiger charge is 2.39. The van der Waals surface area contributed by atoms with Crippen molar-refractivity contribution in [2.75, 3.05) is 4.72 Å². The summed E-state index contributed by atoms with van der Waals surface area (Å²) in [7, 11) is -2.86. The van der Waals surface area contributed by atoms with Crippen molar-refractivity contribution in [3.05, 3.63) is 47.0 Å². The maximum atomic E-state index is 14.2. The molecule has 6 nitrogen and oxygen atoms in total. The molecule has 0 radical (unpaired) electrons. The molecule has 0 fully saturated rings. The maximum Gasteiger partial charge on any atom is 0.345 e. The number of alkyl halides is 2. The minimum Gasteiger partial charge on any atom is -0.317 e. The molecule has 182 valence electrons. The SMILES string of the molecule is CC.CC(C)(OC(F)F)C1CCc2c(S(=O)(=O)Nc3ccc(C#N)cc3F)cn(SI)c2C1. The summed E-state index contributed by atoms with van der Waals surface area (Å²) >= 11 is 2.01. The van der Waals surface area contributed by atoms with Crippen LogP contribution in [0.25, 0.3) is 0 Å². The minimum atomic E-state index is -4.12. The second-order valence-electron chi connectivity index (χ2n) is 7.65. The van der Waals surface area contributed by atoms with E-state index < -0.39 is 28.1 Å². The number of fused-ring (bicyclic) bond motifs is 1. The fraction of sp³-hybridized carbons (Fsp3) is 0.476. The Hall–Kier alpha value is -1.43. The van der Waals surface area contributed by atoms with Gasteiger partial charge in [0.15, 0.2) is 0 Å². The largest absolute Gasteiger partial charge is 0.345 e. The van der Waals surface area contributed by atoms with Crippen molar-refractivity contribution < 1.29 is 26.3 Å². The van der Waals surface area contributed by atoms with Gasteiger partial charge in [0.25, 0.3) is 10.0 Å². The van der Waals surface area contributed by atoms with Crippen LogP contribution < -0.4 is 4.72 Å². The Morgan fingerprint density at radius 1 is 1.36 bits per heavy atom. The number of sulfonamides is 1. The lowest BCUT2D eigenvalue weighted by molar-refractivity contribution is -0.215. The number of hydrogen-bond donors (Lipinski definition) is 1. The molecule has 0 saturated heterocycles. The lowest BCUT2D eigenvalue weighted by Gasteiger charge is -2.36. The third kappa shape index (κ3) is 6.37. The van der Waals surface area contributed by atoms with Crippen molar-refractivity contribution in [3.63, 3.8) is 0 Å². The average molecular weight is 615 g/mol. The number of nitrogens with zero attached hydrogens (tertiary/aromatic N) is 2. The number of benzene rings is 1. The van der Waals surface area contributed by atoms with Gasteiger partial charge in [-0.1, -0.05) is 13.8 Å². The van der Waals surface area contributed by atoms with E-state index in [0.717, 1.165) is 6.07 Å². The number of hydrogen-bond acceptors (Lipinski definition) is 5. The van der Waals surface area contributed by atoms with Crippen LogP contribution in [0.1, 0.15) is 50.9 Å². The van der Waals surface area contributed by atoms with Gasteiger partial charge in [-0.05, 0) is 62.8 Å². The van der Waals surface area contributed by atoms with E-state index in [9.17, 15) is 21.6 Å². The number of rotatable bonds is 7. The molecule has 1 heterocycles. The molecule has 12 heteroatoms. The van der Waals surface area contributed by atoms with Gasteiger partial charge in [-0.3, -0.25) is 8.69 Å². The quantitative estimate of drug-likeness (QED) is 0.370. The average Bonchev–Trinajstić information content (AvgIpc) is 3.14. The van der Waals surface area contributed by atoms with Gasteiger partial charge >= 0.3 is 6.61 Å². The van der Waals surface area contributed by atoms with Crippen LogP contribution in [0.5, 0.6) is 0 Å². The van der Waals surface area contributed by atoms with Crippen LogP contribution in [-0.4, -0.2) is 24.6 Å². The van der Waals surface area contributed by atoms with Crippen LogP contribution in [0, 0.1) is 23.1 Å². The highest BCUT2D eigenvalue weighted by Crippen LogP contribution is 2.41. The number of anilines is 1. The summed E-state index contributed by atoms with van der Waals surface area (Å²) in [6.07, 6.45) is 2.64. The molecule has 2 aromatic rings. The molecule has 0 aliphatic heterocycles. The first-order chi connectivity index (χ1) is 15.5. The lowest BCUT2D eigenvalue weighted by atomic mass is 9.78. The van der Waals surface area contributed by atoms with Gasteiger partial charge in [0.1, 0.15) is 10.7 Å². The Balaban J connectivity index is 0.00000187. The fourth-order valence-electron chi connectivity index (χ4n) is 3.75. The molecule has 1 unspecified atom stereocenters. The summed E-state index contributed by atoms with van der Waals surface area (Å²) in [5.74, 6) is -1.09. The smallest absolute Gasteiger partial charge is 0.317 e. The Labute approximate surface area is 208 Å². The highest BCUT2D eigenvalue weighted by molar-refractivity contribution is 14.2. The number of nitriles is 1. The molecule has 0 amide bonds.